The maximum Gasteiger partial charge on any atom is 0.511 e. The number of carboxylic acid groups (broad SMARTS) is 1. The normalized spacial score (nSPS) is 19.5. The highest BCUT2D eigenvalue weighted by Crippen LogP contribution is 2.44. The molecule has 0 saturated heterocycles. The first-order chi connectivity index (χ1) is 14.3. The second kappa shape index (κ2) is 6.99. The van der Waals surface area contributed by atoms with Crippen LogP contribution in [0.5, 0.6) is 5.75 Å². The molecule has 158 valence electrons. The van der Waals surface area contributed by atoms with Crippen LogP contribution in [0.15, 0.2) is 28.2 Å². The molecule has 0 spiro atoms. The van der Waals surface area contributed by atoms with Crippen LogP contribution in [0, 0.1) is 5.82 Å². The summed E-state index contributed by atoms with van der Waals surface area (Å²) in [5, 5.41) is 9.16. The van der Waals surface area contributed by atoms with Gasteiger partial charge >= 0.3 is 6.16 Å². The molecular weight excluding hydrogens is 413 g/mol. The fourth-order valence-corrected chi connectivity index (χ4v) is 4.96. The molecule has 1 N–H and O–H groups in total. The van der Waals surface area contributed by atoms with Crippen molar-refractivity contribution in [3.05, 3.63) is 44.5 Å². The summed E-state index contributed by atoms with van der Waals surface area (Å²) in [5.74, 6) is -0.931. The van der Waals surface area contributed by atoms with Gasteiger partial charge in [-0.2, -0.15) is 0 Å². The number of aromatic nitrogens is 1. The Labute approximate surface area is 176 Å². The van der Waals surface area contributed by atoms with Crippen molar-refractivity contribution < 1.29 is 19.0 Å². The molecule has 3 aliphatic rings. The Morgan fingerprint density at radius 2 is 2.00 bits per heavy atom. The lowest BCUT2D eigenvalue weighted by molar-refractivity contribution is 0.143. The monoisotopic (exact) mass is 433 g/mol. The van der Waals surface area contributed by atoms with E-state index in [1.54, 1.807) is 4.57 Å². The van der Waals surface area contributed by atoms with E-state index < -0.39 is 17.4 Å². The van der Waals surface area contributed by atoms with E-state index in [0.717, 1.165) is 38.4 Å². The Kier molecular flexibility index (Phi) is 4.52. The van der Waals surface area contributed by atoms with Crippen LogP contribution in [0.3, 0.4) is 0 Å². The third-order valence-corrected chi connectivity index (χ3v) is 6.48. The summed E-state index contributed by atoms with van der Waals surface area (Å²) >= 11 is 6.73. The van der Waals surface area contributed by atoms with Crippen molar-refractivity contribution in [2.45, 2.75) is 25.3 Å². The van der Waals surface area contributed by atoms with Gasteiger partial charge in [-0.15, -0.1) is 0 Å². The summed E-state index contributed by atoms with van der Waals surface area (Å²) in [4.78, 5) is 27.9. The van der Waals surface area contributed by atoms with E-state index in [2.05, 4.69) is 16.7 Å². The molecule has 0 unspecified atom stereocenters. The minimum absolute atomic E-state index is 0.0311. The third kappa shape index (κ3) is 3.15. The van der Waals surface area contributed by atoms with Gasteiger partial charge in [0.05, 0.1) is 27.8 Å². The van der Waals surface area contributed by atoms with Crippen molar-refractivity contribution in [1.29, 1.82) is 0 Å². The molecule has 1 fully saturated rings. The predicted octanol–water partition coefficient (Wildman–Crippen LogP) is 3.64. The number of anilines is 1. The van der Waals surface area contributed by atoms with Gasteiger partial charge in [0.2, 0.25) is 5.43 Å². The average molecular weight is 434 g/mol. The maximum atomic E-state index is 15.2. The largest absolute Gasteiger partial charge is 0.511 e. The summed E-state index contributed by atoms with van der Waals surface area (Å²) in [6, 6.07) is 1.24. The number of halogens is 2. The molecular formula is C21H21ClFN3O4. The van der Waals surface area contributed by atoms with Crippen LogP contribution in [0.2, 0.25) is 5.02 Å². The summed E-state index contributed by atoms with van der Waals surface area (Å²) < 4.78 is 21.7. The summed E-state index contributed by atoms with van der Waals surface area (Å²) in [6.07, 6.45) is 2.50. The molecule has 1 aromatic heterocycles. The van der Waals surface area contributed by atoms with Gasteiger partial charge in [-0.25, -0.2) is 9.18 Å². The Balaban J connectivity index is 1.64. The molecule has 30 heavy (non-hydrogen) atoms. The van der Waals surface area contributed by atoms with Crippen LogP contribution < -0.4 is 15.1 Å². The number of rotatable bonds is 3. The lowest BCUT2D eigenvalue weighted by atomic mass is 10.0. The quantitative estimate of drug-likeness (QED) is 0.588. The average Bonchev–Trinajstić information content (AvgIpc) is 3.44. The molecule has 2 aliphatic heterocycles. The molecule has 5 rings (SSSR count). The van der Waals surface area contributed by atoms with Crippen molar-refractivity contribution in [2.24, 2.45) is 0 Å². The Bertz CT molecular complexity index is 1170. The van der Waals surface area contributed by atoms with E-state index in [1.165, 1.54) is 17.3 Å². The SMILES string of the molecule is CN1CCC2=C(C1)CN(c1c(F)cc3c(=O)c(OC(=O)O)cn(C4CC4)c3c1Cl)C2. The van der Waals surface area contributed by atoms with Gasteiger partial charge in [0.25, 0.3) is 0 Å². The second-order valence-corrected chi connectivity index (χ2v) is 8.67. The fourth-order valence-electron chi connectivity index (χ4n) is 4.55. The summed E-state index contributed by atoms with van der Waals surface area (Å²) in [5.41, 5.74) is 2.66. The van der Waals surface area contributed by atoms with Gasteiger partial charge in [0, 0.05) is 32.2 Å². The molecule has 9 heteroatoms. The zero-order chi connectivity index (χ0) is 21.2. The number of hydrogen-bond acceptors (Lipinski definition) is 5. The Morgan fingerprint density at radius 1 is 1.27 bits per heavy atom. The molecule has 1 aromatic carbocycles. The topological polar surface area (TPSA) is 75.0 Å². The van der Waals surface area contributed by atoms with Crippen LogP contribution in [0.4, 0.5) is 14.9 Å². The van der Waals surface area contributed by atoms with Crippen molar-refractivity contribution in [2.75, 3.05) is 38.1 Å². The predicted molar refractivity (Wildman–Crippen MR) is 111 cm³/mol. The maximum absolute atomic E-state index is 15.2. The number of fused-ring (bicyclic) bond motifs is 1. The highest BCUT2D eigenvalue weighted by atomic mass is 35.5. The highest BCUT2D eigenvalue weighted by molar-refractivity contribution is 6.38. The number of carbonyl (C=O) groups is 1. The van der Waals surface area contributed by atoms with E-state index in [9.17, 15) is 9.59 Å². The van der Waals surface area contributed by atoms with Gasteiger partial charge < -0.3 is 24.2 Å². The molecule has 0 bridgehead atoms. The molecule has 3 heterocycles. The zero-order valence-electron chi connectivity index (χ0n) is 16.5. The van der Waals surface area contributed by atoms with Crippen LogP contribution in [-0.4, -0.2) is 54.0 Å². The number of likely N-dealkylation sites (N-methyl/N-ethyl adjacent to an activating group) is 1. The van der Waals surface area contributed by atoms with Crippen molar-refractivity contribution in [1.82, 2.24) is 9.47 Å². The molecule has 2 aromatic rings. The number of pyridine rings is 1. The van der Waals surface area contributed by atoms with E-state index >= 15 is 4.39 Å². The van der Waals surface area contributed by atoms with Gasteiger partial charge in [0.1, 0.15) is 5.82 Å². The number of benzene rings is 1. The van der Waals surface area contributed by atoms with E-state index in [1.807, 2.05) is 4.90 Å². The molecule has 0 amide bonds. The van der Waals surface area contributed by atoms with Crippen LogP contribution in [0.1, 0.15) is 25.3 Å². The first-order valence-electron chi connectivity index (χ1n) is 9.94. The minimum Gasteiger partial charge on any atom is -0.449 e. The summed E-state index contributed by atoms with van der Waals surface area (Å²) in [6.45, 7) is 3.07. The third-order valence-electron chi connectivity index (χ3n) is 6.12. The van der Waals surface area contributed by atoms with Crippen molar-refractivity contribution >= 4 is 34.3 Å². The lowest BCUT2D eigenvalue weighted by Crippen LogP contribution is -2.28. The fraction of sp³-hybridized carbons (Fsp3) is 0.429. The van der Waals surface area contributed by atoms with E-state index in [-0.39, 0.29) is 22.2 Å². The van der Waals surface area contributed by atoms with E-state index in [0.29, 0.717) is 24.3 Å². The Morgan fingerprint density at radius 3 is 2.70 bits per heavy atom. The van der Waals surface area contributed by atoms with Crippen LogP contribution in [-0.2, 0) is 0 Å². The molecule has 0 atom stereocenters. The summed E-state index contributed by atoms with van der Waals surface area (Å²) in [7, 11) is 2.07. The standard InChI is InChI=1S/C21H21ClFN3O4/c1-24-5-4-11-8-25(9-12(11)7-24)19-15(23)6-14-18(17(19)22)26(13-2-3-13)10-16(20(14)27)30-21(28)29/h6,10,13H,2-5,7-9H2,1H3,(H,28,29). The zero-order valence-corrected chi connectivity index (χ0v) is 17.2. The van der Waals surface area contributed by atoms with E-state index in [4.69, 9.17) is 16.7 Å². The Hall–Kier alpha value is -2.58. The van der Waals surface area contributed by atoms with Gasteiger partial charge in [-0.3, -0.25) is 4.79 Å². The number of hydrogen-bond donors (Lipinski definition) is 1. The van der Waals surface area contributed by atoms with Gasteiger partial charge in [0.15, 0.2) is 5.75 Å². The number of ether oxygens (including phenoxy) is 1. The van der Waals surface area contributed by atoms with Gasteiger partial charge in [-0.1, -0.05) is 11.6 Å². The molecule has 0 radical (unpaired) electrons. The van der Waals surface area contributed by atoms with Crippen molar-refractivity contribution in [3.63, 3.8) is 0 Å². The first-order valence-corrected chi connectivity index (χ1v) is 10.3. The minimum atomic E-state index is -1.59. The molecule has 1 saturated carbocycles. The molecule has 7 nitrogen and oxygen atoms in total. The lowest BCUT2D eigenvalue weighted by Gasteiger charge is -2.24. The smallest absolute Gasteiger partial charge is 0.449 e. The molecule has 1 aliphatic carbocycles. The number of nitrogens with zero attached hydrogens (tertiary/aromatic N) is 3. The van der Waals surface area contributed by atoms with Gasteiger partial charge in [-0.05, 0) is 43.5 Å². The van der Waals surface area contributed by atoms with Crippen LogP contribution in [0.25, 0.3) is 10.9 Å². The van der Waals surface area contributed by atoms with Crippen molar-refractivity contribution in [3.8, 4) is 5.75 Å². The van der Waals surface area contributed by atoms with Crippen LogP contribution >= 0.6 is 11.6 Å². The first kappa shape index (κ1) is 19.4. The second-order valence-electron chi connectivity index (χ2n) is 8.30. The highest BCUT2D eigenvalue weighted by Gasteiger charge is 2.32.